The average molecular weight is 410 g/mol. The van der Waals surface area contributed by atoms with Gasteiger partial charge in [0.05, 0.1) is 20.3 Å². The predicted octanol–water partition coefficient (Wildman–Crippen LogP) is 4.28. The predicted molar refractivity (Wildman–Crippen MR) is 110 cm³/mol. The Morgan fingerprint density at radius 3 is 2.79 bits per heavy atom. The van der Waals surface area contributed by atoms with Crippen molar-refractivity contribution in [1.82, 2.24) is 10.1 Å². The number of fused-ring (bicyclic) bond motifs is 4. The molecule has 2 aliphatic rings. The number of methoxy groups -OCH3 is 2. The molecule has 5 rings (SSSR count). The van der Waals surface area contributed by atoms with E-state index in [1.807, 2.05) is 24.0 Å². The summed E-state index contributed by atoms with van der Waals surface area (Å²) in [5.74, 6) is 2.08. The van der Waals surface area contributed by atoms with E-state index in [2.05, 4.69) is 16.6 Å². The zero-order valence-electron chi connectivity index (χ0n) is 16.7. The molecule has 1 unspecified atom stereocenters. The van der Waals surface area contributed by atoms with E-state index in [1.165, 1.54) is 10.4 Å². The monoisotopic (exact) mass is 410 g/mol. The number of amides is 1. The van der Waals surface area contributed by atoms with Crippen LogP contribution < -0.4 is 9.47 Å². The van der Waals surface area contributed by atoms with Crippen LogP contribution in [0.25, 0.3) is 11.3 Å². The van der Waals surface area contributed by atoms with E-state index in [0.29, 0.717) is 18.0 Å². The van der Waals surface area contributed by atoms with Gasteiger partial charge in [0.25, 0.3) is 5.91 Å². The minimum atomic E-state index is -0.0845. The van der Waals surface area contributed by atoms with Crippen molar-refractivity contribution in [2.45, 2.75) is 32.2 Å². The molecule has 1 aliphatic carbocycles. The van der Waals surface area contributed by atoms with Crippen LogP contribution in [0.15, 0.2) is 28.1 Å². The van der Waals surface area contributed by atoms with Crippen molar-refractivity contribution >= 4 is 17.2 Å². The van der Waals surface area contributed by atoms with Gasteiger partial charge in [-0.15, -0.1) is 11.3 Å². The second kappa shape index (κ2) is 6.91. The Labute approximate surface area is 173 Å². The molecule has 0 N–H and O–H groups in total. The number of carbonyl (C=O) groups excluding carboxylic acids is 1. The molecular formula is C22H22N2O4S. The van der Waals surface area contributed by atoms with E-state index in [4.69, 9.17) is 14.0 Å². The fourth-order valence-electron chi connectivity index (χ4n) is 4.45. The van der Waals surface area contributed by atoms with Gasteiger partial charge in [-0.25, -0.2) is 0 Å². The lowest BCUT2D eigenvalue weighted by Crippen LogP contribution is -2.39. The number of rotatable bonds is 3. The summed E-state index contributed by atoms with van der Waals surface area (Å²) in [6, 6.07) is 5.96. The van der Waals surface area contributed by atoms with Crippen LogP contribution in [0.2, 0.25) is 0 Å². The fraction of sp³-hybridized carbons (Fsp3) is 0.364. The Balaban J connectivity index is 1.48. The van der Waals surface area contributed by atoms with Crippen molar-refractivity contribution in [3.63, 3.8) is 0 Å². The van der Waals surface area contributed by atoms with Crippen molar-refractivity contribution in [2.75, 3.05) is 20.8 Å². The van der Waals surface area contributed by atoms with Gasteiger partial charge in [-0.1, -0.05) is 5.16 Å². The van der Waals surface area contributed by atoms with Gasteiger partial charge in [0.1, 0.15) is 0 Å². The molecule has 0 spiro atoms. The van der Waals surface area contributed by atoms with Gasteiger partial charge in [0.2, 0.25) is 0 Å². The topological polar surface area (TPSA) is 64.8 Å². The molecule has 29 heavy (non-hydrogen) atoms. The number of aryl methyl sites for hydroxylation is 1. The maximum atomic E-state index is 13.4. The van der Waals surface area contributed by atoms with Crippen LogP contribution in [0.3, 0.4) is 0 Å². The first kappa shape index (κ1) is 18.2. The number of ether oxygens (including phenoxy) is 2. The van der Waals surface area contributed by atoms with Gasteiger partial charge in [0, 0.05) is 22.5 Å². The molecule has 2 aromatic heterocycles. The minimum Gasteiger partial charge on any atom is -0.493 e. The SMILES string of the molecule is COc1cc2c(cc1OC)C(C)N(C(=O)c1noc3c1CCc1sccc1-3)CC2. The van der Waals surface area contributed by atoms with Crippen LogP contribution in [0.4, 0.5) is 0 Å². The second-order valence-electron chi connectivity index (χ2n) is 7.43. The number of thiophene rings is 1. The average Bonchev–Trinajstić information content (AvgIpc) is 3.39. The smallest absolute Gasteiger partial charge is 0.276 e. The summed E-state index contributed by atoms with van der Waals surface area (Å²) >= 11 is 1.73. The first-order chi connectivity index (χ1) is 14.1. The Hall–Kier alpha value is -2.80. The first-order valence-electron chi connectivity index (χ1n) is 9.73. The largest absolute Gasteiger partial charge is 0.493 e. The van der Waals surface area contributed by atoms with E-state index in [9.17, 15) is 4.79 Å². The third kappa shape index (κ3) is 2.75. The Kier molecular flexibility index (Phi) is 4.35. The maximum Gasteiger partial charge on any atom is 0.276 e. The molecule has 3 heterocycles. The van der Waals surface area contributed by atoms with Crippen LogP contribution in [0.1, 0.15) is 45.0 Å². The lowest BCUT2D eigenvalue weighted by Gasteiger charge is -2.35. The number of carbonyl (C=O) groups is 1. The molecule has 1 amide bonds. The summed E-state index contributed by atoms with van der Waals surface area (Å²) in [5.41, 5.74) is 4.74. The maximum absolute atomic E-state index is 13.4. The lowest BCUT2D eigenvalue weighted by molar-refractivity contribution is 0.0665. The molecule has 0 saturated carbocycles. The first-order valence-corrected chi connectivity index (χ1v) is 10.6. The molecule has 1 atom stereocenters. The molecule has 1 aliphatic heterocycles. The summed E-state index contributed by atoms with van der Waals surface area (Å²) in [5, 5.41) is 6.26. The van der Waals surface area contributed by atoms with E-state index in [1.54, 1.807) is 25.6 Å². The van der Waals surface area contributed by atoms with Crippen LogP contribution in [0.5, 0.6) is 11.5 Å². The number of benzene rings is 1. The highest BCUT2D eigenvalue weighted by Crippen LogP contribution is 2.41. The zero-order valence-corrected chi connectivity index (χ0v) is 17.5. The normalized spacial score (nSPS) is 17.3. The molecule has 150 valence electrons. The van der Waals surface area contributed by atoms with Gasteiger partial charge in [-0.05, 0) is 60.9 Å². The van der Waals surface area contributed by atoms with E-state index < -0.39 is 0 Å². The molecule has 0 radical (unpaired) electrons. The molecule has 6 nitrogen and oxygen atoms in total. The van der Waals surface area contributed by atoms with E-state index in [-0.39, 0.29) is 11.9 Å². The van der Waals surface area contributed by atoms with Crippen molar-refractivity contribution in [1.29, 1.82) is 0 Å². The minimum absolute atomic E-state index is 0.0679. The molecule has 0 saturated heterocycles. The highest BCUT2D eigenvalue weighted by molar-refractivity contribution is 7.10. The standard InChI is InChI=1S/C22H22N2O4S/c1-12-16-11-18(27-3)17(26-2)10-13(16)6-8-24(12)22(25)20-15-4-5-19-14(7-9-29-19)21(15)28-23-20/h7,9-12H,4-6,8H2,1-3H3. The van der Waals surface area contributed by atoms with Gasteiger partial charge >= 0.3 is 0 Å². The summed E-state index contributed by atoms with van der Waals surface area (Å²) in [6.45, 7) is 2.68. The number of hydrogen-bond donors (Lipinski definition) is 0. The van der Waals surface area contributed by atoms with Crippen molar-refractivity contribution in [3.05, 3.63) is 50.8 Å². The van der Waals surface area contributed by atoms with Crippen LogP contribution in [-0.2, 0) is 19.3 Å². The van der Waals surface area contributed by atoms with Gasteiger partial charge in [-0.3, -0.25) is 4.79 Å². The molecule has 1 aromatic carbocycles. The highest BCUT2D eigenvalue weighted by atomic mass is 32.1. The zero-order chi connectivity index (χ0) is 20.1. The summed E-state index contributed by atoms with van der Waals surface area (Å²) < 4.78 is 16.5. The lowest BCUT2D eigenvalue weighted by atomic mass is 9.91. The Bertz CT molecular complexity index is 1100. The molecule has 0 fully saturated rings. The van der Waals surface area contributed by atoms with Crippen molar-refractivity contribution in [2.24, 2.45) is 0 Å². The van der Waals surface area contributed by atoms with Crippen molar-refractivity contribution in [3.8, 4) is 22.8 Å². The third-order valence-corrected chi connectivity index (χ3v) is 7.01. The Morgan fingerprint density at radius 1 is 1.21 bits per heavy atom. The molecular weight excluding hydrogens is 388 g/mol. The number of nitrogens with zero attached hydrogens (tertiary/aromatic N) is 2. The highest BCUT2D eigenvalue weighted by Gasteiger charge is 2.35. The van der Waals surface area contributed by atoms with Gasteiger partial charge < -0.3 is 18.9 Å². The Morgan fingerprint density at radius 2 is 2.00 bits per heavy atom. The van der Waals surface area contributed by atoms with Gasteiger partial charge in [0.15, 0.2) is 23.0 Å². The molecule has 0 bridgehead atoms. The van der Waals surface area contributed by atoms with E-state index in [0.717, 1.165) is 47.5 Å². The van der Waals surface area contributed by atoms with Crippen LogP contribution >= 0.6 is 11.3 Å². The third-order valence-electron chi connectivity index (χ3n) is 6.03. The van der Waals surface area contributed by atoms with Crippen molar-refractivity contribution < 1.29 is 18.8 Å². The number of aromatic nitrogens is 1. The van der Waals surface area contributed by atoms with Crippen LogP contribution in [0, 0.1) is 0 Å². The van der Waals surface area contributed by atoms with Gasteiger partial charge in [-0.2, -0.15) is 0 Å². The summed E-state index contributed by atoms with van der Waals surface area (Å²) in [4.78, 5) is 16.6. The molecule has 3 aromatic rings. The quantitative estimate of drug-likeness (QED) is 0.645. The summed E-state index contributed by atoms with van der Waals surface area (Å²) in [6.07, 6.45) is 2.48. The van der Waals surface area contributed by atoms with E-state index >= 15 is 0 Å². The summed E-state index contributed by atoms with van der Waals surface area (Å²) in [7, 11) is 3.26. The fourth-order valence-corrected chi connectivity index (χ4v) is 5.33. The second-order valence-corrected chi connectivity index (χ2v) is 8.43. The van der Waals surface area contributed by atoms with Crippen LogP contribution in [-0.4, -0.2) is 36.7 Å². The number of hydrogen-bond acceptors (Lipinski definition) is 6. The molecule has 7 heteroatoms.